The van der Waals surface area contributed by atoms with Crippen molar-refractivity contribution in [2.24, 2.45) is 7.05 Å². The summed E-state index contributed by atoms with van der Waals surface area (Å²) in [6.45, 7) is 2.04. The van der Waals surface area contributed by atoms with Gasteiger partial charge in [-0.2, -0.15) is 5.26 Å². The van der Waals surface area contributed by atoms with Gasteiger partial charge in [0, 0.05) is 17.5 Å². The average molecular weight is 424 g/mol. The maximum absolute atomic E-state index is 12.5. The first-order chi connectivity index (χ1) is 14.1. The molecule has 0 spiro atoms. The van der Waals surface area contributed by atoms with E-state index >= 15 is 0 Å². The summed E-state index contributed by atoms with van der Waals surface area (Å²) in [5, 5.41) is 22.3. The van der Waals surface area contributed by atoms with Crippen LogP contribution < -0.4 is 5.32 Å². The van der Waals surface area contributed by atoms with Crippen molar-refractivity contribution in [3.8, 4) is 17.5 Å². The van der Waals surface area contributed by atoms with Crippen LogP contribution in [0.4, 0.5) is 5.00 Å². The highest BCUT2D eigenvalue weighted by atomic mass is 32.2. The van der Waals surface area contributed by atoms with Crippen molar-refractivity contribution >= 4 is 34.0 Å². The molecule has 2 heterocycles. The topological polar surface area (TPSA) is 83.6 Å². The first-order valence-corrected chi connectivity index (χ1v) is 11.3. The lowest BCUT2D eigenvalue weighted by Crippen LogP contribution is -2.14. The van der Waals surface area contributed by atoms with Crippen LogP contribution in [-0.4, -0.2) is 26.4 Å². The summed E-state index contributed by atoms with van der Waals surface area (Å²) in [6.07, 6.45) is 4.19. The van der Waals surface area contributed by atoms with Crippen molar-refractivity contribution in [1.29, 1.82) is 5.26 Å². The van der Waals surface area contributed by atoms with E-state index in [1.807, 2.05) is 42.8 Å². The number of rotatable bonds is 5. The van der Waals surface area contributed by atoms with Gasteiger partial charge in [0.2, 0.25) is 5.91 Å². The largest absolute Gasteiger partial charge is 0.316 e. The number of anilines is 1. The lowest BCUT2D eigenvalue weighted by Gasteiger charge is -2.09. The molecule has 148 valence electrons. The molecule has 0 atom stereocenters. The molecule has 0 aliphatic heterocycles. The van der Waals surface area contributed by atoms with E-state index in [1.54, 1.807) is 11.3 Å². The number of thiophene rings is 1. The minimum atomic E-state index is -0.134. The van der Waals surface area contributed by atoms with E-state index in [0.29, 0.717) is 15.7 Å². The Bertz CT molecular complexity index is 1090. The molecule has 0 saturated heterocycles. The number of fused-ring (bicyclic) bond motifs is 1. The molecule has 0 radical (unpaired) electrons. The summed E-state index contributed by atoms with van der Waals surface area (Å²) >= 11 is 2.89. The molecule has 8 heteroatoms. The summed E-state index contributed by atoms with van der Waals surface area (Å²) in [7, 11) is 1.90. The number of thioether (sulfide) groups is 1. The van der Waals surface area contributed by atoms with E-state index in [1.165, 1.54) is 22.2 Å². The third kappa shape index (κ3) is 4.07. The van der Waals surface area contributed by atoms with E-state index in [-0.39, 0.29) is 11.7 Å². The highest BCUT2D eigenvalue weighted by Crippen LogP contribution is 2.37. The third-order valence-corrected chi connectivity index (χ3v) is 7.24. The number of nitriles is 1. The fourth-order valence-electron chi connectivity index (χ4n) is 3.46. The second-order valence-corrected chi connectivity index (χ2v) is 9.14. The van der Waals surface area contributed by atoms with Gasteiger partial charge in [0.1, 0.15) is 11.1 Å². The molecule has 0 fully saturated rings. The maximum atomic E-state index is 12.5. The monoisotopic (exact) mass is 423 g/mol. The van der Waals surface area contributed by atoms with Crippen LogP contribution in [0.25, 0.3) is 11.4 Å². The van der Waals surface area contributed by atoms with Crippen molar-refractivity contribution in [1.82, 2.24) is 14.8 Å². The molecule has 1 N–H and O–H groups in total. The molecule has 4 rings (SSSR count). The first kappa shape index (κ1) is 19.7. The maximum Gasteiger partial charge on any atom is 0.235 e. The Kier molecular flexibility index (Phi) is 5.69. The minimum Gasteiger partial charge on any atom is -0.316 e. The Hall–Kier alpha value is -2.63. The molecule has 29 heavy (non-hydrogen) atoms. The normalized spacial score (nSPS) is 13.0. The molecular formula is C21H21N5OS2. The second kappa shape index (κ2) is 8.39. The van der Waals surface area contributed by atoms with E-state index in [0.717, 1.165) is 42.6 Å². The highest BCUT2D eigenvalue weighted by molar-refractivity contribution is 7.99. The van der Waals surface area contributed by atoms with E-state index in [2.05, 4.69) is 21.6 Å². The van der Waals surface area contributed by atoms with Crippen LogP contribution in [0.1, 0.15) is 34.4 Å². The van der Waals surface area contributed by atoms with Crippen LogP contribution in [0.2, 0.25) is 0 Å². The van der Waals surface area contributed by atoms with E-state index < -0.39 is 0 Å². The minimum absolute atomic E-state index is 0.134. The molecule has 1 amide bonds. The molecule has 2 aromatic heterocycles. The van der Waals surface area contributed by atoms with E-state index in [9.17, 15) is 10.1 Å². The molecule has 0 bridgehead atoms. The molecule has 6 nitrogen and oxygen atoms in total. The lowest BCUT2D eigenvalue weighted by atomic mass is 9.96. The van der Waals surface area contributed by atoms with Gasteiger partial charge in [0.25, 0.3) is 0 Å². The predicted octanol–water partition coefficient (Wildman–Crippen LogP) is 4.33. The van der Waals surface area contributed by atoms with Gasteiger partial charge in [-0.3, -0.25) is 4.79 Å². The standard InChI is InChI=1S/C21H21N5OS2/c1-13-7-9-14(10-8-13)19-24-25-21(26(19)2)28-12-18(27)23-20-16(11-22)15-5-3-4-6-17(15)29-20/h7-10H,3-6,12H2,1-2H3,(H,23,27). The van der Waals surface area contributed by atoms with Crippen LogP contribution in [0.3, 0.4) is 0 Å². The number of aromatic nitrogens is 3. The zero-order chi connectivity index (χ0) is 20.4. The molecule has 1 aromatic carbocycles. The number of amides is 1. The van der Waals surface area contributed by atoms with Crippen molar-refractivity contribution in [3.63, 3.8) is 0 Å². The number of aryl methyl sites for hydroxylation is 2. The molecule has 0 unspecified atom stereocenters. The lowest BCUT2D eigenvalue weighted by molar-refractivity contribution is -0.113. The molecule has 1 aliphatic carbocycles. The van der Waals surface area contributed by atoms with Gasteiger partial charge in [-0.1, -0.05) is 41.6 Å². The summed E-state index contributed by atoms with van der Waals surface area (Å²) in [4.78, 5) is 13.7. The number of carbonyl (C=O) groups excluding carboxylic acids is 1. The molecule has 3 aromatic rings. The van der Waals surface area contributed by atoms with Crippen LogP contribution in [0.15, 0.2) is 29.4 Å². The van der Waals surface area contributed by atoms with Gasteiger partial charge in [-0.05, 0) is 38.2 Å². The van der Waals surface area contributed by atoms with Crippen molar-refractivity contribution in [2.75, 3.05) is 11.1 Å². The van der Waals surface area contributed by atoms with Crippen molar-refractivity contribution in [2.45, 2.75) is 37.8 Å². The molecule has 0 saturated carbocycles. The third-order valence-electron chi connectivity index (χ3n) is 5.01. The molecular weight excluding hydrogens is 402 g/mol. The Morgan fingerprint density at radius 1 is 1.28 bits per heavy atom. The number of benzene rings is 1. The number of hydrogen-bond acceptors (Lipinski definition) is 6. The smallest absolute Gasteiger partial charge is 0.235 e. The van der Waals surface area contributed by atoms with Crippen LogP contribution >= 0.6 is 23.1 Å². The van der Waals surface area contributed by atoms with E-state index in [4.69, 9.17) is 0 Å². The number of hydrogen-bond donors (Lipinski definition) is 1. The SMILES string of the molecule is Cc1ccc(-c2nnc(SCC(=O)Nc3sc4c(c3C#N)CCCC4)n2C)cc1. The number of nitrogens with zero attached hydrogens (tertiary/aromatic N) is 4. The Morgan fingerprint density at radius 2 is 2.03 bits per heavy atom. The number of carbonyl (C=O) groups is 1. The molecule has 1 aliphatic rings. The van der Waals surface area contributed by atoms with Gasteiger partial charge in [-0.15, -0.1) is 21.5 Å². The summed E-state index contributed by atoms with van der Waals surface area (Å²) in [5.41, 5.74) is 3.95. The van der Waals surface area contributed by atoms with Gasteiger partial charge in [0.15, 0.2) is 11.0 Å². The zero-order valence-corrected chi connectivity index (χ0v) is 18.0. The zero-order valence-electron chi connectivity index (χ0n) is 16.4. The van der Waals surface area contributed by atoms with Crippen molar-refractivity contribution in [3.05, 3.63) is 45.8 Å². The van der Waals surface area contributed by atoms with Crippen LogP contribution in [0.5, 0.6) is 0 Å². The first-order valence-electron chi connectivity index (χ1n) is 9.50. The Morgan fingerprint density at radius 3 is 2.79 bits per heavy atom. The van der Waals surface area contributed by atoms with Gasteiger partial charge in [0.05, 0.1) is 11.3 Å². The summed E-state index contributed by atoms with van der Waals surface area (Å²) in [6, 6.07) is 10.4. The fourth-order valence-corrected chi connectivity index (χ4v) is 5.43. The fraction of sp³-hybridized carbons (Fsp3) is 0.333. The highest BCUT2D eigenvalue weighted by Gasteiger charge is 2.22. The van der Waals surface area contributed by atoms with Gasteiger partial charge in [-0.25, -0.2) is 0 Å². The van der Waals surface area contributed by atoms with Crippen molar-refractivity contribution < 1.29 is 4.79 Å². The Labute approximate surface area is 178 Å². The van der Waals surface area contributed by atoms with Gasteiger partial charge < -0.3 is 9.88 Å². The summed E-state index contributed by atoms with van der Waals surface area (Å²) < 4.78 is 1.90. The van der Waals surface area contributed by atoms with Gasteiger partial charge >= 0.3 is 0 Å². The Balaban J connectivity index is 1.43. The summed E-state index contributed by atoms with van der Waals surface area (Å²) in [5.74, 6) is 0.850. The van der Waals surface area contributed by atoms with Crippen LogP contribution in [-0.2, 0) is 24.7 Å². The average Bonchev–Trinajstić information content (AvgIpc) is 3.26. The van der Waals surface area contributed by atoms with Crippen LogP contribution in [0, 0.1) is 18.3 Å². The predicted molar refractivity (Wildman–Crippen MR) is 116 cm³/mol. The number of nitrogens with one attached hydrogen (secondary N) is 1. The quantitative estimate of drug-likeness (QED) is 0.618. The second-order valence-electron chi connectivity index (χ2n) is 7.09.